The first kappa shape index (κ1) is 17.8. The van der Waals surface area contributed by atoms with Gasteiger partial charge in [0.2, 0.25) is 0 Å². The summed E-state index contributed by atoms with van der Waals surface area (Å²) in [4.78, 5) is 0.789. The van der Waals surface area contributed by atoms with Crippen LogP contribution >= 0.6 is 23.8 Å². The van der Waals surface area contributed by atoms with Gasteiger partial charge in [-0.15, -0.1) is 0 Å². The van der Waals surface area contributed by atoms with E-state index < -0.39 is 0 Å². The molecule has 0 saturated carbocycles. The Morgan fingerprint density at radius 1 is 1.17 bits per heavy atom. The number of hydrogen-bond donors (Lipinski definition) is 1. The van der Waals surface area contributed by atoms with Crippen molar-refractivity contribution in [3.63, 3.8) is 0 Å². The van der Waals surface area contributed by atoms with Crippen molar-refractivity contribution in [1.29, 1.82) is 0 Å². The molecule has 1 N–H and O–H groups in total. The summed E-state index contributed by atoms with van der Waals surface area (Å²) in [5.74, 6) is 0.904. The molecular formula is C19H22ClNOS. The second-order valence-electron chi connectivity index (χ2n) is 5.45. The predicted octanol–water partition coefficient (Wildman–Crippen LogP) is 5.94. The second-order valence-corrected chi connectivity index (χ2v) is 6.37. The quantitative estimate of drug-likeness (QED) is 0.653. The standard InChI is InChI=1S/C19H22ClNOS/c1-4-14-6-9-18(13(3)10-14)22-12-15-7-8-16(20)11-17(15)21-19(23)5-2/h6-11H,4-5,12H2,1-3H3,(H,21,23). The van der Waals surface area contributed by atoms with Crippen LogP contribution in [0.3, 0.4) is 0 Å². The molecule has 2 aromatic carbocycles. The van der Waals surface area contributed by atoms with Crippen molar-refractivity contribution in [3.8, 4) is 5.75 Å². The molecule has 0 aromatic heterocycles. The van der Waals surface area contributed by atoms with Gasteiger partial charge in [-0.05, 0) is 49.1 Å². The van der Waals surface area contributed by atoms with Crippen LogP contribution in [0, 0.1) is 6.92 Å². The second kappa shape index (κ2) is 8.32. The van der Waals surface area contributed by atoms with Crippen LogP contribution in [0.25, 0.3) is 0 Å². The number of benzene rings is 2. The average Bonchev–Trinajstić information content (AvgIpc) is 2.54. The first-order chi connectivity index (χ1) is 11.0. The Bertz CT molecular complexity index is 700. The van der Waals surface area contributed by atoms with Gasteiger partial charge in [-0.3, -0.25) is 0 Å². The van der Waals surface area contributed by atoms with Gasteiger partial charge in [-0.25, -0.2) is 0 Å². The Labute approximate surface area is 148 Å². The summed E-state index contributed by atoms with van der Waals surface area (Å²) in [5.41, 5.74) is 4.41. The summed E-state index contributed by atoms with van der Waals surface area (Å²) in [6.07, 6.45) is 1.82. The van der Waals surface area contributed by atoms with E-state index >= 15 is 0 Å². The van der Waals surface area contributed by atoms with Gasteiger partial charge in [0.05, 0.1) is 4.99 Å². The lowest BCUT2D eigenvalue weighted by atomic mass is 10.1. The van der Waals surface area contributed by atoms with E-state index in [9.17, 15) is 0 Å². The number of nitrogens with one attached hydrogen (secondary N) is 1. The molecule has 0 radical (unpaired) electrons. The third-order valence-electron chi connectivity index (χ3n) is 3.70. The van der Waals surface area contributed by atoms with Crippen LogP contribution in [0.2, 0.25) is 5.02 Å². The fourth-order valence-corrected chi connectivity index (χ4v) is 2.56. The van der Waals surface area contributed by atoms with Gasteiger partial charge in [0.1, 0.15) is 12.4 Å². The molecule has 2 nitrogen and oxygen atoms in total. The SMILES string of the molecule is CCC(=S)Nc1cc(Cl)ccc1COc1ccc(CC)cc1C. The molecule has 0 bridgehead atoms. The molecule has 0 heterocycles. The molecular weight excluding hydrogens is 326 g/mol. The monoisotopic (exact) mass is 347 g/mol. The predicted molar refractivity (Wildman–Crippen MR) is 103 cm³/mol. The minimum Gasteiger partial charge on any atom is -0.489 e. The maximum absolute atomic E-state index is 6.10. The van der Waals surface area contributed by atoms with Crippen molar-refractivity contribution in [3.05, 3.63) is 58.1 Å². The Morgan fingerprint density at radius 2 is 1.96 bits per heavy atom. The first-order valence-electron chi connectivity index (χ1n) is 7.84. The lowest BCUT2D eigenvalue weighted by Gasteiger charge is -2.15. The van der Waals surface area contributed by atoms with Crippen LogP contribution in [0.5, 0.6) is 5.75 Å². The minimum absolute atomic E-state index is 0.470. The summed E-state index contributed by atoms with van der Waals surface area (Å²) in [7, 11) is 0. The molecule has 2 rings (SSSR count). The van der Waals surface area contributed by atoms with Crippen molar-refractivity contribution < 1.29 is 4.74 Å². The van der Waals surface area contributed by atoms with Gasteiger partial charge in [-0.2, -0.15) is 0 Å². The molecule has 0 aliphatic heterocycles. The first-order valence-corrected chi connectivity index (χ1v) is 8.62. The maximum Gasteiger partial charge on any atom is 0.122 e. The van der Waals surface area contributed by atoms with E-state index in [2.05, 4.69) is 31.3 Å². The number of aryl methyl sites for hydroxylation is 2. The lowest BCUT2D eigenvalue weighted by Crippen LogP contribution is -2.10. The topological polar surface area (TPSA) is 21.3 Å². The smallest absolute Gasteiger partial charge is 0.122 e. The van der Waals surface area contributed by atoms with Crippen LogP contribution in [0.15, 0.2) is 36.4 Å². The zero-order chi connectivity index (χ0) is 16.8. The summed E-state index contributed by atoms with van der Waals surface area (Å²) < 4.78 is 5.99. The van der Waals surface area contributed by atoms with E-state index in [1.54, 1.807) is 0 Å². The number of ether oxygens (including phenoxy) is 1. The van der Waals surface area contributed by atoms with E-state index in [1.807, 2.05) is 31.2 Å². The molecule has 4 heteroatoms. The number of hydrogen-bond acceptors (Lipinski definition) is 2. The van der Waals surface area contributed by atoms with Gasteiger partial charge < -0.3 is 10.1 Å². The van der Waals surface area contributed by atoms with Crippen molar-refractivity contribution in [2.24, 2.45) is 0 Å². The average molecular weight is 348 g/mol. The highest BCUT2D eigenvalue weighted by Crippen LogP contribution is 2.25. The van der Waals surface area contributed by atoms with E-state index in [-0.39, 0.29) is 0 Å². The zero-order valence-electron chi connectivity index (χ0n) is 13.8. The molecule has 23 heavy (non-hydrogen) atoms. The fourth-order valence-electron chi connectivity index (χ4n) is 2.28. The van der Waals surface area contributed by atoms with E-state index in [1.165, 1.54) is 5.56 Å². The van der Waals surface area contributed by atoms with Crippen LogP contribution in [-0.2, 0) is 13.0 Å². The van der Waals surface area contributed by atoms with Crippen molar-refractivity contribution in [2.45, 2.75) is 40.2 Å². The normalized spacial score (nSPS) is 10.4. The molecule has 0 aliphatic rings. The highest BCUT2D eigenvalue weighted by Gasteiger charge is 2.07. The van der Waals surface area contributed by atoms with Gasteiger partial charge in [0.25, 0.3) is 0 Å². The van der Waals surface area contributed by atoms with Crippen molar-refractivity contribution in [2.75, 3.05) is 5.32 Å². The van der Waals surface area contributed by atoms with Crippen LogP contribution in [-0.4, -0.2) is 4.99 Å². The fraction of sp³-hybridized carbons (Fsp3) is 0.316. The number of halogens is 1. The number of rotatable bonds is 6. The molecule has 0 fully saturated rings. The minimum atomic E-state index is 0.470. The zero-order valence-corrected chi connectivity index (χ0v) is 15.4. The van der Waals surface area contributed by atoms with E-state index in [0.717, 1.165) is 40.4 Å². The molecule has 0 spiro atoms. The summed E-state index contributed by atoms with van der Waals surface area (Å²) in [6, 6.07) is 12.0. The highest BCUT2D eigenvalue weighted by atomic mass is 35.5. The summed E-state index contributed by atoms with van der Waals surface area (Å²) in [6.45, 7) is 6.71. The largest absolute Gasteiger partial charge is 0.489 e. The Morgan fingerprint density at radius 3 is 2.61 bits per heavy atom. The summed E-state index contributed by atoms with van der Waals surface area (Å²) in [5, 5.41) is 3.92. The summed E-state index contributed by atoms with van der Waals surface area (Å²) >= 11 is 11.4. The van der Waals surface area contributed by atoms with Gasteiger partial charge >= 0.3 is 0 Å². The number of thiocarbonyl (C=S) groups is 1. The molecule has 122 valence electrons. The Kier molecular flexibility index (Phi) is 6.43. The van der Waals surface area contributed by atoms with Gasteiger partial charge in [0.15, 0.2) is 0 Å². The van der Waals surface area contributed by atoms with Crippen LogP contribution < -0.4 is 10.1 Å². The van der Waals surface area contributed by atoms with E-state index in [4.69, 9.17) is 28.6 Å². The molecule has 0 saturated heterocycles. The highest BCUT2D eigenvalue weighted by molar-refractivity contribution is 7.80. The molecule has 0 aliphatic carbocycles. The van der Waals surface area contributed by atoms with Crippen LogP contribution in [0.1, 0.15) is 37.0 Å². The maximum atomic E-state index is 6.10. The third-order valence-corrected chi connectivity index (χ3v) is 4.32. The third kappa shape index (κ3) is 4.95. The van der Waals surface area contributed by atoms with Gasteiger partial charge in [-0.1, -0.05) is 55.9 Å². The molecule has 0 atom stereocenters. The molecule has 2 aromatic rings. The lowest BCUT2D eigenvalue weighted by molar-refractivity contribution is 0.304. The molecule has 0 unspecified atom stereocenters. The van der Waals surface area contributed by atoms with E-state index in [0.29, 0.717) is 11.6 Å². The van der Waals surface area contributed by atoms with Crippen molar-refractivity contribution >= 4 is 34.5 Å². The van der Waals surface area contributed by atoms with Crippen molar-refractivity contribution in [1.82, 2.24) is 0 Å². The Hall–Kier alpha value is -1.58. The Balaban J connectivity index is 2.15. The number of anilines is 1. The van der Waals surface area contributed by atoms with Crippen LogP contribution in [0.4, 0.5) is 5.69 Å². The molecule has 0 amide bonds. The van der Waals surface area contributed by atoms with Gasteiger partial charge in [0, 0.05) is 16.3 Å².